The number of amides is 1. The Morgan fingerprint density at radius 2 is 1.57 bits per heavy atom. The Balaban J connectivity index is 1.72. The third-order valence-corrected chi connectivity index (χ3v) is 5.58. The minimum absolute atomic E-state index is 0.0719. The van der Waals surface area contributed by atoms with Gasteiger partial charge in [0.1, 0.15) is 17.3 Å². The first-order valence-electron chi connectivity index (χ1n) is 8.74. The Bertz CT molecular complexity index is 1150. The summed E-state index contributed by atoms with van der Waals surface area (Å²) in [6, 6.07) is 15.3. The number of sulfonamides is 1. The van der Waals surface area contributed by atoms with Gasteiger partial charge in [-0.25, -0.2) is 12.8 Å². The molecule has 3 rings (SSSR count). The predicted octanol–water partition coefficient (Wildman–Crippen LogP) is 3.90. The van der Waals surface area contributed by atoms with Gasteiger partial charge in [-0.2, -0.15) is 0 Å². The molecule has 0 fully saturated rings. The van der Waals surface area contributed by atoms with Gasteiger partial charge in [-0.05, 0) is 60.7 Å². The van der Waals surface area contributed by atoms with Crippen molar-refractivity contribution in [2.75, 3.05) is 24.3 Å². The van der Waals surface area contributed by atoms with Crippen LogP contribution in [0.25, 0.3) is 0 Å². The fraction of sp³-hybridized carbons (Fsp3) is 0.0952. The quantitative estimate of drug-likeness (QED) is 0.593. The molecule has 30 heavy (non-hydrogen) atoms. The van der Waals surface area contributed by atoms with Gasteiger partial charge in [0.2, 0.25) is 0 Å². The standard InChI is InChI=1S/C21H19FN2O5S/c1-28-17-9-12-19(20(13-17)29-2)23-21(25)14-3-7-16(8-4-14)24-30(26,27)18-10-5-15(22)6-11-18/h3-13,24H,1-2H3,(H,23,25). The van der Waals surface area contributed by atoms with Crippen molar-refractivity contribution in [3.8, 4) is 11.5 Å². The number of hydrogen-bond acceptors (Lipinski definition) is 5. The number of carbonyl (C=O) groups is 1. The topological polar surface area (TPSA) is 93.7 Å². The first-order valence-corrected chi connectivity index (χ1v) is 10.2. The zero-order valence-electron chi connectivity index (χ0n) is 16.2. The summed E-state index contributed by atoms with van der Waals surface area (Å²) in [7, 11) is -0.868. The molecule has 0 unspecified atom stereocenters. The summed E-state index contributed by atoms with van der Waals surface area (Å²) in [5, 5.41) is 2.73. The van der Waals surface area contributed by atoms with Crippen molar-refractivity contribution in [2.45, 2.75) is 4.90 Å². The maximum absolute atomic E-state index is 13.0. The summed E-state index contributed by atoms with van der Waals surface area (Å²) in [6.45, 7) is 0. The second-order valence-electron chi connectivity index (χ2n) is 6.16. The maximum Gasteiger partial charge on any atom is 0.261 e. The van der Waals surface area contributed by atoms with Crippen LogP contribution in [0.2, 0.25) is 0 Å². The maximum atomic E-state index is 13.0. The lowest BCUT2D eigenvalue weighted by Crippen LogP contribution is -2.14. The molecule has 3 aromatic rings. The van der Waals surface area contributed by atoms with Crippen LogP contribution in [0.4, 0.5) is 15.8 Å². The lowest BCUT2D eigenvalue weighted by molar-refractivity contribution is 0.102. The van der Waals surface area contributed by atoms with E-state index in [1.54, 1.807) is 18.2 Å². The van der Waals surface area contributed by atoms with Gasteiger partial charge in [-0.1, -0.05) is 0 Å². The molecule has 0 saturated heterocycles. The number of nitrogens with one attached hydrogen (secondary N) is 2. The summed E-state index contributed by atoms with van der Waals surface area (Å²) in [5.41, 5.74) is 1.04. The largest absolute Gasteiger partial charge is 0.497 e. The van der Waals surface area contributed by atoms with Crippen LogP contribution in [0.5, 0.6) is 11.5 Å². The molecular formula is C21H19FN2O5S. The number of carbonyl (C=O) groups excluding carboxylic acids is 1. The van der Waals surface area contributed by atoms with Crippen molar-refractivity contribution in [2.24, 2.45) is 0 Å². The second kappa shape index (κ2) is 8.83. The molecule has 0 heterocycles. The Labute approximate surface area is 173 Å². The van der Waals surface area contributed by atoms with Crippen LogP contribution in [-0.2, 0) is 10.0 Å². The molecule has 0 saturated carbocycles. The van der Waals surface area contributed by atoms with E-state index in [1.807, 2.05) is 0 Å². The van der Waals surface area contributed by atoms with Crippen molar-refractivity contribution in [1.29, 1.82) is 0 Å². The Hall–Kier alpha value is -3.59. The minimum atomic E-state index is -3.87. The summed E-state index contributed by atoms with van der Waals surface area (Å²) in [6.07, 6.45) is 0. The molecule has 2 N–H and O–H groups in total. The zero-order chi connectivity index (χ0) is 21.7. The van der Waals surface area contributed by atoms with Crippen molar-refractivity contribution >= 4 is 27.3 Å². The van der Waals surface area contributed by atoms with Gasteiger partial charge in [-0.15, -0.1) is 0 Å². The lowest BCUT2D eigenvalue weighted by Gasteiger charge is -2.12. The highest BCUT2D eigenvalue weighted by Crippen LogP contribution is 2.29. The molecule has 0 aromatic heterocycles. The molecule has 9 heteroatoms. The van der Waals surface area contributed by atoms with E-state index < -0.39 is 21.7 Å². The molecule has 0 atom stereocenters. The molecule has 0 aliphatic rings. The number of methoxy groups -OCH3 is 2. The van der Waals surface area contributed by atoms with Crippen LogP contribution >= 0.6 is 0 Å². The van der Waals surface area contributed by atoms with E-state index in [9.17, 15) is 17.6 Å². The normalized spacial score (nSPS) is 10.9. The van der Waals surface area contributed by atoms with Gasteiger partial charge in [0, 0.05) is 17.3 Å². The average molecular weight is 430 g/mol. The molecule has 1 amide bonds. The van der Waals surface area contributed by atoms with E-state index in [1.165, 1.54) is 50.6 Å². The number of ether oxygens (including phenoxy) is 2. The van der Waals surface area contributed by atoms with Crippen molar-refractivity contribution in [3.05, 3.63) is 78.1 Å². The van der Waals surface area contributed by atoms with Crippen LogP contribution < -0.4 is 19.5 Å². The monoisotopic (exact) mass is 430 g/mol. The predicted molar refractivity (Wildman–Crippen MR) is 111 cm³/mol. The van der Waals surface area contributed by atoms with E-state index in [0.29, 0.717) is 22.7 Å². The first kappa shape index (κ1) is 21.1. The zero-order valence-corrected chi connectivity index (χ0v) is 17.0. The van der Waals surface area contributed by atoms with E-state index in [-0.39, 0.29) is 10.6 Å². The lowest BCUT2D eigenvalue weighted by atomic mass is 10.2. The molecule has 3 aromatic carbocycles. The smallest absolute Gasteiger partial charge is 0.261 e. The third-order valence-electron chi connectivity index (χ3n) is 4.18. The minimum Gasteiger partial charge on any atom is -0.497 e. The SMILES string of the molecule is COc1ccc(NC(=O)c2ccc(NS(=O)(=O)c3ccc(F)cc3)cc2)c(OC)c1. The Morgan fingerprint density at radius 1 is 0.900 bits per heavy atom. The highest BCUT2D eigenvalue weighted by Gasteiger charge is 2.15. The van der Waals surface area contributed by atoms with Crippen molar-refractivity contribution in [1.82, 2.24) is 0 Å². The second-order valence-corrected chi connectivity index (χ2v) is 7.84. The van der Waals surface area contributed by atoms with E-state index in [0.717, 1.165) is 12.1 Å². The number of hydrogen-bond donors (Lipinski definition) is 2. The summed E-state index contributed by atoms with van der Waals surface area (Å²) in [4.78, 5) is 12.4. The van der Waals surface area contributed by atoms with Crippen LogP contribution in [0, 0.1) is 5.82 Å². The van der Waals surface area contributed by atoms with Crippen LogP contribution in [-0.4, -0.2) is 28.5 Å². The molecular weight excluding hydrogens is 411 g/mol. The molecule has 0 spiro atoms. The number of halogens is 1. The summed E-state index contributed by atoms with van der Waals surface area (Å²) >= 11 is 0. The molecule has 0 radical (unpaired) electrons. The van der Waals surface area contributed by atoms with Gasteiger partial charge in [0.15, 0.2) is 0 Å². The van der Waals surface area contributed by atoms with Gasteiger partial charge in [0.05, 0.1) is 24.8 Å². The Morgan fingerprint density at radius 3 is 2.17 bits per heavy atom. The van der Waals surface area contributed by atoms with Gasteiger partial charge < -0.3 is 14.8 Å². The molecule has 7 nitrogen and oxygen atoms in total. The average Bonchev–Trinajstić information content (AvgIpc) is 2.74. The molecule has 0 aliphatic carbocycles. The van der Waals surface area contributed by atoms with Crippen molar-refractivity contribution in [3.63, 3.8) is 0 Å². The van der Waals surface area contributed by atoms with E-state index in [4.69, 9.17) is 9.47 Å². The summed E-state index contributed by atoms with van der Waals surface area (Å²) < 4.78 is 50.5. The number of anilines is 2. The Kier molecular flexibility index (Phi) is 6.22. The highest BCUT2D eigenvalue weighted by molar-refractivity contribution is 7.92. The fourth-order valence-electron chi connectivity index (χ4n) is 2.61. The van der Waals surface area contributed by atoms with Gasteiger partial charge in [-0.3, -0.25) is 9.52 Å². The fourth-order valence-corrected chi connectivity index (χ4v) is 3.67. The molecule has 0 aliphatic heterocycles. The van der Waals surface area contributed by atoms with Crippen LogP contribution in [0.1, 0.15) is 10.4 Å². The first-order chi connectivity index (χ1) is 14.3. The summed E-state index contributed by atoms with van der Waals surface area (Å²) in [5.74, 6) is 0.0956. The highest BCUT2D eigenvalue weighted by atomic mass is 32.2. The van der Waals surface area contributed by atoms with Crippen LogP contribution in [0.15, 0.2) is 71.6 Å². The van der Waals surface area contributed by atoms with E-state index >= 15 is 0 Å². The molecule has 156 valence electrons. The molecule has 0 bridgehead atoms. The third kappa shape index (κ3) is 4.87. The number of rotatable bonds is 7. The van der Waals surface area contributed by atoms with Crippen LogP contribution in [0.3, 0.4) is 0 Å². The number of benzene rings is 3. The van der Waals surface area contributed by atoms with Gasteiger partial charge >= 0.3 is 0 Å². The van der Waals surface area contributed by atoms with E-state index in [2.05, 4.69) is 10.0 Å². The van der Waals surface area contributed by atoms with Gasteiger partial charge in [0.25, 0.3) is 15.9 Å². The van der Waals surface area contributed by atoms with Crippen molar-refractivity contribution < 1.29 is 27.1 Å².